The van der Waals surface area contributed by atoms with Gasteiger partial charge in [0.25, 0.3) is 11.1 Å². The Hall–Kier alpha value is -2.86. The molecule has 2 aliphatic heterocycles. The van der Waals surface area contributed by atoms with Crippen molar-refractivity contribution in [2.45, 2.75) is 25.4 Å². The molecular formula is C23H24ClN5O5S. The van der Waals surface area contributed by atoms with Gasteiger partial charge in [-0.05, 0) is 49.2 Å². The number of amides is 1. The van der Waals surface area contributed by atoms with Crippen LogP contribution in [-0.2, 0) is 9.47 Å². The van der Waals surface area contributed by atoms with Crippen molar-refractivity contribution in [2.24, 2.45) is 5.92 Å². The lowest BCUT2D eigenvalue weighted by Crippen LogP contribution is -2.49. The van der Waals surface area contributed by atoms with Crippen LogP contribution >= 0.6 is 22.9 Å². The summed E-state index contributed by atoms with van der Waals surface area (Å²) in [5.74, 6) is 0.544. The molecule has 0 aromatic carbocycles. The highest BCUT2D eigenvalue weighted by atomic mass is 35.5. The number of nitrogens with one attached hydrogen (secondary N) is 1. The fourth-order valence-electron chi connectivity index (χ4n) is 4.20. The van der Waals surface area contributed by atoms with Crippen LogP contribution in [0.2, 0.25) is 5.15 Å². The van der Waals surface area contributed by atoms with Gasteiger partial charge in [-0.2, -0.15) is 0 Å². The van der Waals surface area contributed by atoms with E-state index >= 15 is 0 Å². The van der Waals surface area contributed by atoms with Gasteiger partial charge < -0.3 is 18.9 Å². The third-order valence-corrected chi connectivity index (χ3v) is 6.98. The van der Waals surface area contributed by atoms with Crippen molar-refractivity contribution in [3.8, 4) is 22.1 Å². The molecule has 0 bridgehead atoms. The number of aryl methyl sites for hydroxylation is 1. The Morgan fingerprint density at radius 1 is 1.26 bits per heavy atom. The SMILES string of the molecule is COc1cnc(Cl)cc1-c1cc(C)ncc1C(=O)Nc1nnc(OCCC2COC3(COC3)C2)s1. The number of anilines is 1. The smallest absolute Gasteiger partial charge is 0.295 e. The summed E-state index contributed by atoms with van der Waals surface area (Å²) in [6.07, 6.45) is 4.88. The molecular weight excluding hydrogens is 494 g/mol. The van der Waals surface area contributed by atoms with E-state index in [1.807, 2.05) is 6.92 Å². The van der Waals surface area contributed by atoms with Crippen molar-refractivity contribution in [1.82, 2.24) is 20.2 Å². The number of rotatable bonds is 8. The summed E-state index contributed by atoms with van der Waals surface area (Å²) >= 11 is 7.27. The van der Waals surface area contributed by atoms with Gasteiger partial charge in [0.1, 0.15) is 16.5 Å². The summed E-state index contributed by atoms with van der Waals surface area (Å²) in [6, 6.07) is 3.45. The van der Waals surface area contributed by atoms with Crippen molar-refractivity contribution >= 4 is 34.0 Å². The van der Waals surface area contributed by atoms with Crippen LogP contribution in [0.25, 0.3) is 11.1 Å². The summed E-state index contributed by atoms with van der Waals surface area (Å²) in [5, 5.41) is 11.9. The van der Waals surface area contributed by atoms with Crippen molar-refractivity contribution in [3.63, 3.8) is 0 Å². The average Bonchev–Trinajstić information content (AvgIpc) is 3.46. The molecule has 12 heteroatoms. The largest absolute Gasteiger partial charge is 0.494 e. The maximum absolute atomic E-state index is 13.1. The third kappa shape index (κ3) is 5.22. The van der Waals surface area contributed by atoms with Crippen LogP contribution in [0.1, 0.15) is 28.9 Å². The summed E-state index contributed by atoms with van der Waals surface area (Å²) < 4.78 is 22.3. The number of halogens is 1. The number of hydrogen-bond acceptors (Lipinski definition) is 10. The molecule has 0 radical (unpaired) electrons. The number of aromatic nitrogens is 4. The van der Waals surface area contributed by atoms with Gasteiger partial charge >= 0.3 is 0 Å². The minimum Gasteiger partial charge on any atom is -0.494 e. The van der Waals surface area contributed by atoms with Crippen LogP contribution in [-0.4, -0.2) is 65.2 Å². The molecule has 184 valence electrons. The van der Waals surface area contributed by atoms with Crippen LogP contribution in [0.4, 0.5) is 5.13 Å². The molecule has 1 unspecified atom stereocenters. The quantitative estimate of drug-likeness (QED) is 0.445. The molecule has 3 aromatic heterocycles. The van der Waals surface area contributed by atoms with Gasteiger partial charge in [-0.3, -0.25) is 15.1 Å². The second-order valence-electron chi connectivity index (χ2n) is 8.60. The molecule has 3 aromatic rings. The normalized spacial score (nSPS) is 18.3. The highest BCUT2D eigenvalue weighted by Gasteiger charge is 2.46. The summed E-state index contributed by atoms with van der Waals surface area (Å²) in [6.45, 7) is 4.44. The predicted octanol–water partition coefficient (Wildman–Crippen LogP) is 3.79. The monoisotopic (exact) mass is 517 g/mol. The fourth-order valence-corrected chi connectivity index (χ4v) is 4.98. The molecule has 1 N–H and O–H groups in total. The van der Waals surface area contributed by atoms with E-state index in [0.717, 1.165) is 36.5 Å². The first kappa shape index (κ1) is 23.9. The Balaban J connectivity index is 1.23. The lowest BCUT2D eigenvalue weighted by atomic mass is 9.91. The van der Waals surface area contributed by atoms with Crippen LogP contribution in [0, 0.1) is 12.8 Å². The number of hydrogen-bond donors (Lipinski definition) is 1. The lowest BCUT2D eigenvalue weighted by molar-refractivity contribution is -0.184. The highest BCUT2D eigenvalue weighted by Crippen LogP contribution is 2.38. The molecule has 2 saturated heterocycles. The van der Waals surface area contributed by atoms with E-state index < -0.39 is 0 Å². The molecule has 0 saturated carbocycles. The van der Waals surface area contributed by atoms with E-state index in [1.54, 1.807) is 12.1 Å². The number of carbonyl (C=O) groups is 1. The van der Waals surface area contributed by atoms with E-state index in [4.69, 9.17) is 30.5 Å². The van der Waals surface area contributed by atoms with Crippen molar-refractivity contribution in [2.75, 3.05) is 38.9 Å². The minimum atomic E-state index is -0.388. The van der Waals surface area contributed by atoms with Crippen LogP contribution in [0.3, 0.4) is 0 Å². The van der Waals surface area contributed by atoms with E-state index in [2.05, 4.69) is 25.5 Å². The molecule has 2 aliphatic rings. The molecule has 1 atom stereocenters. The fraction of sp³-hybridized carbons (Fsp3) is 0.435. The van der Waals surface area contributed by atoms with E-state index in [-0.39, 0.29) is 16.7 Å². The molecule has 5 rings (SSSR count). The van der Waals surface area contributed by atoms with Crippen molar-refractivity contribution in [1.29, 1.82) is 0 Å². The predicted molar refractivity (Wildman–Crippen MR) is 129 cm³/mol. The van der Waals surface area contributed by atoms with Gasteiger partial charge in [-0.25, -0.2) is 4.98 Å². The molecule has 5 heterocycles. The highest BCUT2D eigenvalue weighted by molar-refractivity contribution is 7.17. The van der Waals surface area contributed by atoms with E-state index in [9.17, 15) is 4.79 Å². The number of carbonyl (C=O) groups excluding carboxylic acids is 1. The average molecular weight is 518 g/mol. The maximum Gasteiger partial charge on any atom is 0.295 e. The van der Waals surface area contributed by atoms with Gasteiger partial charge in [-0.15, -0.1) is 5.10 Å². The number of pyridine rings is 2. The maximum atomic E-state index is 13.1. The number of methoxy groups -OCH3 is 1. The van der Waals surface area contributed by atoms with Gasteiger partial charge in [0.05, 0.1) is 45.3 Å². The van der Waals surface area contributed by atoms with Crippen LogP contribution in [0.5, 0.6) is 10.9 Å². The first-order valence-electron chi connectivity index (χ1n) is 11.1. The molecule has 10 nitrogen and oxygen atoms in total. The summed E-state index contributed by atoms with van der Waals surface area (Å²) in [7, 11) is 1.53. The minimum absolute atomic E-state index is 0.0693. The van der Waals surface area contributed by atoms with Crippen LogP contribution in [0.15, 0.2) is 24.5 Å². The molecule has 1 amide bonds. The number of ether oxygens (including phenoxy) is 4. The van der Waals surface area contributed by atoms with E-state index in [1.165, 1.54) is 19.5 Å². The third-order valence-electron chi connectivity index (χ3n) is 6.02. The molecule has 35 heavy (non-hydrogen) atoms. The van der Waals surface area contributed by atoms with Gasteiger partial charge in [0.15, 0.2) is 0 Å². The Bertz CT molecular complexity index is 1230. The zero-order valence-corrected chi connectivity index (χ0v) is 20.8. The second-order valence-corrected chi connectivity index (χ2v) is 9.93. The van der Waals surface area contributed by atoms with Crippen molar-refractivity contribution < 1.29 is 23.7 Å². The Kier molecular flexibility index (Phi) is 6.83. The number of nitrogens with zero attached hydrogens (tertiary/aromatic N) is 4. The lowest BCUT2D eigenvalue weighted by Gasteiger charge is -2.36. The zero-order chi connectivity index (χ0) is 24.4. The van der Waals surface area contributed by atoms with E-state index in [0.29, 0.717) is 58.5 Å². The first-order chi connectivity index (χ1) is 16.9. The summed E-state index contributed by atoms with van der Waals surface area (Å²) in [4.78, 5) is 21.5. The van der Waals surface area contributed by atoms with Gasteiger partial charge in [0, 0.05) is 23.0 Å². The van der Waals surface area contributed by atoms with Crippen LogP contribution < -0.4 is 14.8 Å². The Labute approximate surface area is 211 Å². The first-order valence-corrected chi connectivity index (χ1v) is 12.3. The topological polar surface area (TPSA) is 118 Å². The Morgan fingerprint density at radius 2 is 2.11 bits per heavy atom. The zero-order valence-electron chi connectivity index (χ0n) is 19.2. The summed E-state index contributed by atoms with van der Waals surface area (Å²) in [5.41, 5.74) is 2.26. The molecule has 2 fully saturated rings. The van der Waals surface area contributed by atoms with Gasteiger partial charge in [-0.1, -0.05) is 16.7 Å². The molecule has 1 spiro atoms. The van der Waals surface area contributed by atoms with Crippen molar-refractivity contribution in [3.05, 3.63) is 40.9 Å². The Morgan fingerprint density at radius 3 is 2.86 bits per heavy atom. The standard InChI is InChI=1S/C23H24ClN5O5S/c1-13-5-15(16-6-19(24)26-9-18(16)31-2)17(8-25-13)20(30)27-21-28-29-22(35-21)33-4-3-14-7-23(34-10-14)11-32-12-23/h5-6,8-9,14H,3-4,7,10-12H2,1-2H3,(H,27,28,30). The second kappa shape index (κ2) is 10.0. The van der Waals surface area contributed by atoms with Gasteiger partial charge in [0.2, 0.25) is 5.13 Å². The molecule has 0 aliphatic carbocycles.